The highest BCUT2D eigenvalue weighted by Gasteiger charge is 2.43. The Morgan fingerprint density at radius 3 is 2.26 bits per heavy atom. The largest absolute Gasteiger partial charge is 0.300 e. The number of aryl methyl sites for hydroxylation is 1. The molecule has 0 radical (unpaired) electrons. The number of thiazole rings is 1. The second-order valence-electron chi connectivity index (χ2n) is 8.24. The van der Waals surface area contributed by atoms with Crippen LogP contribution in [0.15, 0.2) is 54.7 Å². The molecule has 0 saturated heterocycles. The van der Waals surface area contributed by atoms with Crippen LogP contribution >= 0.6 is 11.3 Å². The van der Waals surface area contributed by atoms with Gasteiger partial charge in [0.25, 0.3) is 11.8 Å². The molecule has 176 valence electrons. The number of hydrogen-bond acceptors (Lipinski definition) is 7. The van der Waals surface area contributed by atoms with Crippen LogP contribution in [0.4, 0.5) is 5.13 Å². The van der Waals surface area contributed by atoms with E-state index in [1.807, 2.05) is 31.2 Å². The number of fused-ring (bicyclic) bond motifs is 1. The van der Waals surface area contributed by atoms with E-state index in [4.69, 9.17) is 0 Å². The molecule has 3 amide bonds. The Balaban J connectivity index is 1.54. The highest BCUT2D eigenvalue weighted by Crippen LogP contribution is 2.27. The Hall–Kier alpha value is -3.37. The lowest BCUT2D eigenvalue weighted by Gasteiger charge is -2.24. The number of amides is 3. The molecule has 3 aromatic rings. The first-order chi connectivity index (χ1) is 16.1. The van der Waals surface area contributed by atoms with Gasteiger partial charge < -0.3 is 5.32 Å². The monoisotopic (exact) mass is 497 g/mol. The van der Waals surface area contributed by atoms with Crippen LogP contribution in [0.25, 0.3) is 0 Å². The van der Waals surface area contributed by atoms with Crippen LogP contribution in [0.1, 0.15) is 43.1 Å². The summed E-state index contributed by atoms with van der Waals surface area (Å²) in [4.78, 5) is 45.0. The summed E-state index contributed by atoms with van der Waals surface area (Å²) < 4.78 is 23.6. The molecule has 1 unspecified atom stereocenters. The summed E-state index contributed by atoms with van der Waals surface area (Å²) in [5.41, 5.74) is 2.65. The summed E-state index contributed by atoms with van der Waals surface area (Å²) >= 11 is 1.28. The maximum atomic E-state index is 13.2. The molecule has 0 aliphatic carbocycles. The van der Waals surface area contributed by atoms with Gasteiger partial charge in [-0.1, -0.05) is 42.0 Å². The lowest BCUT2D eigenvalue weighted by atomic mass is 10.1. The summed E-state index contributed by atoms with van der Waals surface area (Å²) in [6.45, 7) is 2.01. The van der Waals surface area contributed by atoms with Crippen molar-refractivity contribution in [2.75, 3.05) is 17.3 Å². The van der Waals surface area contributed by atoms with Gasteiger partial charge in [-0.15, -0.1) is 11.3 Å². The molecule has 1 aromatic heterocycles. The molecule has 0 bridgehead atoms. The Bertz CT molecular complexity index is 1330. The second kappa shape index (κ2) is 9.47. The van der Waals surface area contributed by atoms with E-state index in [-0.39, 0.29) is 23.3 Å². The van der Waals surface area contributed by atoms with Gasteiger partial charge in [0.15, 0.2) is 5.13 Å². The number of aromatic nitrogens is 1. The molecular weight excluding hydrogens is 474 g/mol. The SMILES string of the molecule is Cc1ccc(Cc2cnc(NC(=O)C(CCS(C)(=O)=O)N3C(=O)c4ccccc4C3=O)s2)cc1. The van der Waals surface area contributed by atoms with Gasteiger partial charge in [0.1, 0.15) is 15.9 Å². The normalized spacial score (nSPS) is 14.2. The smallest absolute Gasteiger partial charge is 0.262 e. The van der Waals surface area contributed by atoms with Crippen LogP contribution < -0.4 is 5.32 Å². The molecule has 0 saturated carbocycles. The standard InChI is InChI=1S/C24H23N3O5S2/c1-15-7-9-16(10-8-15)13-17-14-25-24(33-17)26-21(28)20(11-12-34(2,31)32)27-22(29)18-5-3-4-6-19(18)23(27)30/h3-10,14,20H,11-13H2,1-2H3,(H,25,26,28). The van der Waals surface area contributed by atoms with Crippen LogP contribution in [0.3, 0.4) is 0 Å². The van der Waals surface area contributed by atoms with Crippen LogP contribution in [0, 0.1) is 6.92 Å². The third-order valence-corrected chi connectivity index (χ3v) is 7.37. The van der Waals surface area contributed by atoms with Crippen molar-refractivity contribution in [3.63, 3.8) is 0 Å². The minimum atomic E-state index is -3.43. The Labute approximate surface area is 201 Å². The van der Waals surface area contributed by atoms with Crippen molar-refractivity contribution in [3.05, 3.63) is 81.9 Å². The predicted molar refractivity (Wildman–Crippen MR) is 130 cm³/mol. The highest BCUT2D eigenvalue weighted by atomic mass is 32.2. The molecule has 2 aromatic carbocycles. The molecule has 4 rings (SSSR count). The number of anilines is 1. The summed E-state index contributed by atoms with van der Waals surface area (Å²) in [6.07, 6.45) is 3.14. The number of sulfone groups is 1. The number of benzene rings is 2. The average molecular weight is 498 g/mol. The van der Waals surface area contributed by atoms with E-state index >= 15 is 0 Å². The summed E-state index contributed by atoms with van der Waals surface area (Å²) in [5, 5.41) is 2.98. The van der Waals surface area contributed by atoms with Gasteiger partial charge >= 0.3 is 0 Å². The van der Waals surface area contributed by atoms with Crippen molar-refractivity contribution in [2.45, 2.75) is 25.8 Å². The lowest BCUT2D eigenvalue weighted by Crippen LogP contribution is -2.48. The molecule has 1 aliphatic rings. The number of carbonyl (C=O) groups is 3. The maximum Gasteiger partial charge on any atom is 0.262 e. The zero-order chi connectivity index (χ0) is 24.5. The summed E-state index contributed by atoms with van der Waals surface area (Å²) in [6, 6.07) is 13.1. The Morgan fingerprint density at radius 1 is 1.06 bits per heavy atom. The Kier molecular flexibility index (Phi) is 6.63. The topological polar surface area (TPSA) is 114 Å². The maximum absolute atomic E-state index is 13.2. The van der Waals surface area contributed by atoms with Gasteiger partial charge in [0.2, 0.25) is 5.91 Å². The van der Waals surface area contributed by atoms with Crippen molar-refractivity contribution >= 4 is 44.0 Å². The Morgan fingerprint density at radius 2 is 1.68 bits per heavy atom. The van der Waals surface area contributed by atoms with E-state index in [2.05, 4.69) is 10.3 Å². The fraction of sp³-hybridized carbons (Fsp3) is 0.250. The predicted octanol–water partition coefficient (Wildman–Crippen LogP) is 3.08. The number of hydrogen-bond donors (Lipinski definition) is 1. The van der Waals surface area contributed by atoms with Gasteiger partial charge in [0, 0.05) is 23.8 Å². The third kappa shape index (κ3) is 5.23. The third-order valence-electron chi connectivity index (χ3n) is 5.48. The second-order valence-corrected chi connectivity index (χ2v) is 11.6. The molecule has 2 heterocycles. The minimum absolute atomic E-state index is 0.194. The first kappa shape index (κ1) is 23.8. The van der Waals surface area contributed by atoms with E-state index in [0.29, 0.717) is 11.6 Å². The number of nitrogens with one attached hydrogen (secondary N) is 1. The number of rotatable bonds is 8. The minimum Gasteiger partial charge on any atom is -0.300 e. The molecule has 0 spiro atoms. The molecule has 8 nitrogen and oxygen atoms in total. The van der Waals surface area contributed by atoms with Gasteiger partial charge in [-0.3, -0.25) is 19.3 Å². The van der Waals surface area contributed by atoms with Crippen molar-refractivity contribution in [3.8, 4) is 0 Å². The van der Waals surface area contributed by atoms with Gasteiger partial charge in [-0.2, -0.15) is 0 Å². The summed E-state index contributed by atoms with van der Waals surface area (Å²) in [5.74, 6) is -2.24. The van der Waals surface area contributed by atoms with E-state index < -0.39 is 33.6 Å². The molecule has 34 heavy (non-hydrogen) atoms. The molecule has 1 atom stereocenters. The molecular formula is C24H23N3O5S2. The molecule has 1 N–H and O–H groups in total. The fourth-order valence-corrected chi connectivity index (χ4v) is 5.24. The van der Waals surface area contributed by atoms with Crippen LogP contribution in [-0.4, -0.2) is 54.1 Å². The zero-order valence-electron chi connectivity index (χ0n) is 18.6. The number of nitrogens with zero attached hydrogens (tertiary/aromatic N) is 2. The van der Waals surface area contributed by atoms with Crippen LogP contribution in [0.2, 0.25) is 0 Å². The lowest BCUT2D eigenvalue weighted by molar-refractivity contribution is -0.120. The van der Waals surface area contributed by atoms with Gasteiger partial charge in [-0.25, -0.2) is 13.4 Å². The number of imide groups is 1. The first-order valence-corrected chi connectivity index (χ1v) is 13.5. The zero-order valence-corrected chi connectivity index (χ0v) is 20.3. The molecule has 1 aliphatic heterocycles. The summed E-state index contributed by atoms with van der Waals surface area (Å²) in [7, 11) is -3.43. The van der Waals surface area contributed by atoms with E-state index in [9.17, 15) is 22.8 Å². The number of carbonyl (C=O) groups excluding carboxylic acids is 3. The average Bonchev–Trinajstić information content (AvgIpc) is 3.32. The van der Waals surface area contributed by atoms with E-state index in [0.717, 1.165) is 27.2 Å². The van der Waals surface area contributed by atoms with E-state index in [1.54, 1.807) is 18.3 Å². The first-order valence-electron chi connectivity index (χ1n) is 10.6. The van der Waals surface area contributed by atoms with Gasteiger partial charge in [0.05, 0.1) is 16.9 Å². The highest BCUT2D eigenvalue weighted by molar-refractivity contribution is 7.90. The van der Waals surface area contributed by atoms with Crippen LogP contribution in [0.5, 0.6) is 0 Å². The van der Waals surface area contributed by atoms with Crippen molar-refractivity contribution in [2.24, 2.45) is 0 Å². The van der Waals surface area contributed by atoms with Crippen molar-refractivity contribution < 1.29 is 22.8 Å². The fourth-order valence-electron chi connectivity index (χ4n) is 3.74. The molecule has 10 heteroatoms. The van der Waals surface area contributed by atoms with Crippen molar-refractivity contribution in [1.29, 1.82) is 0 Å². The molecule has 0 fully saturated rings. The van der Waals surface area contributed by atoms with Crippen molar-refractivity contribution in [1.82, 2.24) is 9.88 Å². The van der Waals surface area contributed by atoms with Gasteiger partial charge in [-0.05, 0) is 31.0 Å². The van der Waals surface area contributed by atoms with Crippen LogP contribution in [-0.2, 0) is 21.1 Å². The quantitative estimate of drug-likeness (QED) is 0.479. The van der Waals surface area contributed by atoms with E-state index in [1.165, 1.54) is 23.5 Å².